The molecule has 2 aliphatic carbocycles. The maximum Gasteiger partial charge on any atom is 0.174 e. The van der Waals surface area contributed by atoms with Crippen LogP contribution in [-0.4, -0.2) is 31.2 Å². The van der Waals surface area contributed by atoms with E-state index in [1.807, 2.05) is 0 Å². The van der Waals surface area contributed by atoms with E-state index in [0.717, 1.165) is 13.2 Å². The van der Waals surface area contributed by atoms with Gasteiger partial charge in [-0.2, -0.15) is 0 Å². The molecule has 14 heavy (non-hydrogen) atoms. The zero-order valence-electron chi connectivity index (χ0n) is 8.44. The molecule has 2 saturated carbocycles. The highest BCUT2D eigenvalue weighted by atomic mass is 16.7. The van der Waals surface area contributed by atoms with Crippen LogP contribution in [0.25, 0.3) is 0 Å². The van der Waals surface area contributed by atoms with Gasteiger partial charge in [0.15, 0.2) is 5.79 Å². The Kier molecular flexibility index (Phi) is 1.35. The van der Waals surface area contributed by atoms with Crippen molar-refractivity contribution in [3.8, 4) is 0 Å². The summed E-state index contributed by atoms with van der Waals surface area (Å²) in [7, 11) is 0. The molecule has 0 aromatic heterocycles. The van der Waals surface area contributed by atoms with Gasteiger partial charge in [-0.3, -0.25) is 0 Å². The lowest BCUT2D eigenvalue weighted by molar-refractivity contribution is -0.321. The molecule has 0 amide bonds. The van der Waals surface area contributed by atoms with E-state index < -0.39 is 0 Å². The highest BCUT2D eigenvalue weighted by molar-refractivity contribution is 5.14. The zero-order chi connectivity index (χ0) is 9.34. The van der Waals surface area contributed by atoms with Crippen LogP contribution in [0.2, 0.25) is 0 Å². The SMILES string of the molecule is C[C@H]1[C@H]2[C@@H]3O[C@@H]3CC[C@H]2C12OCCO2. The Balaban J connectivity index is 1.65. The molecular formula is C11H16O3. The minimum absolute atomic E-state index is 0.207. The number of rotatable bonds is 0. The molecule has 0 aromatic rings. The number of epoxide rings is 1. The minimum atomic E-state index is -0.207. The van der Waals surface area contributed by atoms with Crippen molar-refractivity contribution in [1.82, 2.24) is 0 Å². The summed E-state index contributed by atoms with van der Waals surface area (Å²) in [6.45, 7) is 3.82. The van der Waals surface area contributed by atoms with Crippen LogP contribution < -0.4 is 0 Å². The summed E-state index contributed by atoms with van der Waals surface area (Å²) in [4.78, 5) is 0. The molecule has 4 aliphatic rings. The van der Waals surface area contributed by atoms with Crippen LogP contribution in [-0.2, 0) is 14.2 Å². The van der Waals surface area contributed by atoms with E-state index in [2.05, 4.69) is 6.92 Å². The molecule has 78 valence electrons. The number of hydrogen-bond donors (Lipinski definition) is 0. The minimum Gasteiger partial charge on any atom is -0.369 e. The second-order valence-corrected chi connectivity index (χ2v) is 5.11. The van der Waals surface area contributed by atoms with Gasteiger partial charge in [0.05, 0.1) is 25.4 Å². The van der Waals surface area contributed by atoms with Gasteiger partial charge in [0.25, 0.3) is 0 Å². The highest BCUT2D eigenvalue weighted by Gasteiger charge is 2.71. The van der Waals surface area contributed by atoms with Gasteiger partial charge >= 0.3 is 0 Å². The zero-order valence-corrected chi connectivity index (χ0v) is 8.44. The lowest BCUT2D eigenvalue weighted by Crippen LogP contribution is -2.65. The third-order valence-corrected chi connectivity index (χ3v) is 4.70. The average Bonchev–Trinajstić information content (AvgIpc) is 2.78. The molecule has 2 heterocycles. The third-order valence-electron chi connectivity index (χ3n) is 4.70. The molecule has 4 fully saturated rings. The first-order valence-electron chi connectivity index (χ1n) is 5.76. The van der Waals surface area contributed by atoms with Gasteiger partial charge in [0.1, 0.15) is 0 Å². The quantitative estimate of drug-likeness (QED) is 0.545. The van der Waals surface area contributed by atoms with Gasteiger partial charge in [-0.05, 0) is 12.8 Å². The smallest absolute Gasteiger partial charge is 0.174 e. The van der Waals surface area contributed by atoms with E-state index in [0.29, 0.717) is 30.0 Å². The largest absolute Gasteiger partial charge is 0.369 e. The first kappa shape index (κ1) is 8.08. The summed E-state index contributed by atoms with van der Waals surface area (Å²) in [5.74, 6) is 1.66. The monoisotopic (exact) mass is 196 g/mol. The summed E-state index contributed by atoms with van der Waals surface area (Å²) >= 11 is 0. The molecule has 3 nitrogen and oxygen atoms in total. The van der Waals surface area contributed by atoms with Gasteiger partial charge in [-0.25, -0.2) is 0 Å². The molecule has 0 bridgehead atoms. The molecular weight excluding hydrogens is 180 g/mol. The second kappa shape index (κ2) is 2.34. The van der Waals surface area contributed by atoms with E-state index >= 15 is 0 Å². The first-order chi connectivity index (χ1) is 6.83. The molecule has 1 spiro atoms. The van der Waals surface area contributed by atoms with Crippen LogP contribution in [0.1, 0.15) is 19.8 Å². The van der Waals surface area contributed by atoms with Crippen molar-refractivity contribution in [3.05, 3.63) is 0 Å². The Labute approximate surface area is 83.7 Å². The number of hydrogen-bond acceptors (Lipinski definition) is 3. The summed E-state index contributed by atoms with van der Waals surface area (Å²) < 4.78 is 17.4. The van der Waals surface area contributed by atoms with Gasteiger partial charge in [0.2, 0.25) is 0 Å². The van der Waals surface area contributed by atoms with Gasteiger partial charge < -0.3 is 14.2 Å². The third kappa shape index (κ3) is 0.730. The van der Waals surface area contributed by atoms with Crippen molar-refractivity contribution in [2.75, 3.05) is 13.2 Å². The molecule has 0 N–H and O–H groups in total. The second-order valence-electron chi connectivity index (χ2n) is 5.11. The fraction of sp³-hybridized carbons (Fsp3) is 1.00. The van der Waals surface area contributed by atoms with E-state index in [4.69, 9.17) is 14.2 Å². The van der Waals surface area contributed by atoms with Gasteiger partial charge in [0, 0.05) is 17.8 Å². The Morgan fingerprint density at radius 1 is 1.14 bits per heavy atom. The van der Waals surface area contributed by atoms with Crippen LogP contribution in [0.3, 0.4) is 0 Å². The predicted octanol–water partition coefficient (Wildman–Crippen LogP) is 1.17. The fourth-order valence-corrected chi connectivity index (χ4v) is 4.00. The molecule has 0 radical (unpaired) electrons. The summed E-state index contributed by atoms with van der Waals surface area (Å²) in [6, 6.07) is 0. The topological polar surface area (TPSA) is 31.0 Å². The highest BCUT2D eigenvalue weighted by Crippen LogP contribution is 2.63. The lowest BCUT2D eigenvalue weighted by atomic mass is 9.54. The summed E-state index contributed by atoms with van der Waals surface area (Å²) in [5, 5.41) is 0. The lowest BCUT2D eigenvalue weighted by Gasteiger charge is -2.57. The van der Waals surface area contributed by atoms with Crippen molar-refractivity contribution < 1.29 is 14.2 Å². The molecule has 2 saturated heterocycles. The molecule has 5 atom stereocenters. The summed E-state index contributed by atoms with van der Waals surface area (Å²) in [5.41, 5.74) is 0. The maximum absolute atomic E-state index is 5.85. The molecule has 0 unspecified atom stereocenters. The van der Waals surface area contributed by atoms with Crippen LogP contribution in [0.4, 0.5) is 0 Å². The number of fused-ring (bicyclic) bond motifs is 4. The van der Waals surface area contributed by atoms with E-state index in [9.17, 15) is 0 Å². The summed E-state index contributed by atoms with van der Waals surface area (Å²) in [6.07, 6.45) is 3.57. The Morgan fingerprint density at radius 2 is 1.93 bits per heavy atom. The van der Waals surface area contributed by atoms with Crippen molar-refractivity contribution >= 4 is 0 Å². The fourth-order valence-electron chi connectivity index (χ4n) is 4.00. The van der Waals surface area contributed by atoms with E-state index in [-0.39, 0.29) is 5.79 Å². The van der Waals surface area contributed by atoms with E-state index in [1.54, 1.807) is 0 Å². The van der Waals surface area contributed by atoms with Crippen LogP contribution in [0.15, 0.2) is 0 Å². The van der Waals surface area contributed by atoms with Gasteiger partial charge in [-0.15, -0.1) is 0 Å². The Bertz CT molecular complexity index is 272. The molecule has 0 aromatic carbocycles. The van der Waals surface area contributed by atoms with Crippen LogP contribution in [0.5, 0.6) is 0 Å². The molecule has 2 aliphatic heterocycles. The Morgan fingerprint density at radius 3 is 2.71 bits per heavy atom. The van der Waals surface area contributed by atoms with Crippen molar-refractivity contribution in [2.24, 2.45) is 17.8 Å². The molecule has 4 rings (SSSR count). The van der Waals surface area contributed by atoms with Crippen molar-refractivity contribution in [3.63, 3.8) is 0 Å². The Hall–Kier alpha value is -0.120. The van der Waals surface area contributed by atoms with Crippen molar-refractivity contribution in [1.29, 1.82) is 0 Å². The van der Waals surface area contributed by atoms with Crippen molar-refractivity contribution in [2.45, 2.75) is 37.8 Å². The first-order valence-corrected chi connectivity index (χ1v) is 5.76. The van der Waals surface area contributed by atoms with E-state index in [1.165, 1.54) is 12.8 Å². The standard InChI is InChI=1S/C11H16O3/c1-6-9-7(2-3-8-10(9)14-8)11(6)12-4-5-13-11/h6-10H,2-5H2,1H3/t6-,7+,8+,9+,10+/m0/s1. The molecule has 3 heteroatoms. The maximum atomic E-state index is 5.85. The normalized spacial score (nSPS) is 57.6. The predicted molar refractivity (Wildman–Crippen MR) is 48.7 cm³/mol. The van der Waals surface area contributed by atoms with Gasteiger partial charge in [-0.1, -0.05) is 6.92 Å². The average molecular weight is 196 g/mol. The number of ether oxygens (including phenoxy) is 3. The van der Waals surface area contributed by atoms with Crippen LogP contribution >= 0.6 is 0 Å². The van der Waals surface area contributed by atoms with Crippen LogP contribution in [0, 0.1) is 17.8 Å².